The number of aliphatic imine (C=N–C) groups is 1. The summed E-state index contributed by atoms with van der Waals surface area (Å²) in [7, 11) is 3.39. The fourth-order valence-corrected chi connectivity index (χ4v) is 2.20. The maximum absolute atomic E-state index is 6.04. The second kappa shape index (κ2) is 15.7. The number of aromatic nitrogens is 1. The summed E-state index contributed by atoms with van der Waals surface area (Å²) in [5, 5.41) is 10.6. The van der Waals surface area contributed by atoms with Crippen molar-refractivity contribution in [3.05, 3.63) is 22.3 Å². The van der Waals surface area contributed by atoms with E-state index < -0.39 is 0 Å². The van der Waals surface area contributed by atoms with Crippen LogP contribution >= 0.6 is 47.2 Å². The number of nitrogens with one attached hydrogen (secondary N) is 3. The van der Waals surface area contributed by atoms with Crippen molar-refractivity contribution in [3.8, 4) is 0 Å². The van der Waals surface area contributed by atoms with Crippen LogP contribution in [0.5, 0.6) is 0 Å². The second-order valence-electron chi connectivity index (χ2n) is 4.80. The van der Waals surface area contributed by atoms with E-state index in [0.717, 1.165) is 18.9 Å². The summed E-state index contributed by atoms with van der Waals surface area (Å²) in [4.78, 5) is 8.29. The Morgan fingerprint density at radius 1 is 1.16 bits per heavy atom. The third-order valence-corrected chi connectivity index (χ3v) is 3.43. The number of pyridine rings is 1. The molecule has 0 aliphatic rings. The normalized spacial score (nSPS) is 11.0. The van der Waals surface area contributed by atoms with Crippen molar-refractivity contribution < 1.29 is 9.47 Å². The fraction of sp³-hybridized carbons (Fsp3) is 0.600. The number of hydrogen-bond acceptors (Lipinski definition) is 5. The standard InChI is InChI=1S/C15H25Cl2N5O2.HI/c1-18-15(20-4-3-7-24-9-8-23-2)21-6-5-19-14-13(17)10-12(16)11-22-14;/h10-11H,3-9H2,1-2H3,(H,19,22)(H2,18,20,21);1H. The lowest BCUT2D eigenvalue weighted by atomic mass is 10.4. The van der Waals surface area contributed by atoms with Gasteiger partial charge in [-0.15, -0.1) is 24.0 Å². The van der Waals surface area contributed by atoms with Gasteiger partial charge in [-0.25, -0.2) is 4.98 Å². The highest BCUT2D eigenvalue weighted by Crippen LogP contribution is 2.21. The molecular weight excluding hydrogens is 480 g/mol. The molecule has 0 saturated heterocycles. The maximum Gasteiger partial charge on any atom is 0.191 e. The van der Waals surface area contributed by atoms with Gasteiger partial charge in [-0.1, -0.05) is 23.2 Å². The Labute approximate surface area is 176 Å². The van der Waals surface area contributed by atoms with Gasteiger partial charge in [-0.05, 0) is 12.5 Å². The van der Waals surface area contributed by atoms with Gasteiger partial charge < -0.3 is 25.4 Å². The van der Waals surface area contributed by atoms with Crippen LogP contribution in [0.2, 0.25) is 10.0 Å². The van der Waals surface area contributed by atoms with Crippen molar-refractivity contribution in [1.82, 2.24) is 15.6 Å². The van der Waals surface area contributed by atoms with Crippen LogP contribution in [0.25, 0.3) is 0 Å². The van der Waals surface area contributed by atoms with Crippen LogP contribution in [0.1, 0.15) is 6.42 Å². The van der Waals surface area contributed by atoms with Gasteiger partial charge in [0.15, 0.2) is 5.96 Å². The summed E-state index contributed by atoms with van der Waals surface area (Å²) in [6.07, 6.45) is 2.45. The largest absolute Gasteiger partial charge is 0.382 e. The molecule has 0 bridgehead atoms. The zero-order valence-electron chi connectivity index (χ0n) is 14.5. The lowest BCUT2D eigenvalue weighted by molar-refractivity contribution is 0.0698. The fourth-order valence-electron chi connectivity index (χ4n) is 1.75. The molecule has 144 valence electrons. The summed E-state index contributed by atoms with van der Waals surface area (Å²) >= 11 is 11.9. The van der Waals surface area contributed by atoms with Crippen molar-refractivity contribution in [1.29, 1.82) is 0 Å². The Bertz CT molecular complexity index is 509. The minimum atomic E-state index is 0. The molecule has 1 aromatic heterocycles. The van der Waals surface area contributed by atoms with E-state index in [0.29, 0.717) is 48.8 Å². The van der Waals surface area contributed by atoms with Crippen molar-refractivity contribution in [3.63, 3.8) is 0 Å². The predicted octanol–water partition coefficient (Wildman–Crippen LogP) is 2.64. The SMILES string of the molecule is CN=C(NCCCOCCOC)NCCNc1ncc(Cl)cc1Cl.I. The quantitative estimate of drug-likeness (QED) is 0.186. The topological polar surface area (TPSA) is 79.8 Å². The van der Waals surface area contributed by atoms with E-state index >= 15 is 0 Å². The van der Waals surface area contributed by atoms with E-state index in [1.807, 2.05) is 0 Å². The number of guanidine groups is 1. The van der Waals surface area contributed by atoms with E-state index in [2.05, 4.69) is 25.9 Å². The number of hydrogen-bond donors (Lipinski definition) is 3. The molecule has 0 atom stereocenters. The van der Waals surface area contributed by atoms with Gasteiger partial charge in [-0.3, -0.25) is 4.99 Å². The summed E-state index contributed by atoms with van der Waals surface area (Å²) in [5.41, 5.74) is 0. The minimum Gasteiger partial charge on any atom is -0.382 e. The number of ether oxygens (including phenoxy) is 2. The van der Waals surface area contributed by atoms with Crippen molar-refractivity contribution in [2.45, 2.75) is 6.42 Å². The van der Waals surface area contributed by atoms with Crippen molar-refractivity contribution in [2.24, 2.45) is 4.99 Å². The highest BCUT2D eigenvalue weighted by Gasteiger charge is 2.02. The van der Waals surface area contributed by atoms with Crippen molar-refractivity contribution in [2.75, 3.05) is 58.9 Å². The molecule has 0 aliphatic carbocycles. The first-order valence-corrected chi connectivity index (χ1v) is 8.49. The average molecular weight is 506 g/mol. The van der Waals surface area contributed by atoms with Crippen LogP contribution in [0.15, 0.2) is 17.3 Å². The Hall–Kier alpha value is -0.550. The van der Waals surface area contributed by atoms with E-state index in [9.17, 15) is 0 Å². The number of anilines is 1. The first-order chi connectivity index (χ1) is 11.7. The molecule has 0 aliphatic heterocycles. The summed E-state index contributed by atoms with van der Waals surface area (Å²) in [6, 6.07) is 1.65. The first kappa shape index (κ1) is 24.5. The van der Waals surface area contributed by atoms with Crippen LogP contribution in [0.4, 0.5) is 5.82 Å². The first-order valence-electron chi connectivity index (χ1n) is 7.73. The van der Waals surface area contributed by atoms with Crippen LogP contribution in [-0.2, 0) is 9.47 Å². The predicted molar refractivity (Wildman–Crippen MR) is 115 cm³/mol. The van der Waals surface area contributed by atoms with Gasteiger partial charge in [-0.2, -0.15) is 0 Å². The van der Waals surface area contributed by atoms with Gasteiger partial charge >= 0.3 is 0 Å². The van der Waals surface area contributed by atoms with Crippen LogP contribution in [0.3, 0.4) is 0 Å². The molecule has 10 heteroatoms. The molecule has 1 rings (SSSR count). The second-order valence-corrected chi connectivity index (χ2v) is 5.64. The molecule has 25 heavy (non-hydrogen) atoms. The van der Waals surface area contributed by atoms with Gasteiger partial charge in [0.05, 0.1) is 23.3 Å². The molecule has 0 fully saturated rings. The van der Waals surface area contributed by atoms with Gasteiger partial charge in [0.2, 0.25) is 0 Å². The highest BCUT2D eigenvalue weighted by molar-refractivity contribution is 14.0. The Morgan fingerprint density at radius 3 is 2.60 bits per heavy atom. The molecular formula is C15H26Cl2IN5O2. The highest BCUT2D eigenvalue weighted by atomic mass is 127. The van der Waals surface area contributed by atoms with Crippen LogP contribution in [-0.4, -0.2) is 64.6 Å². The van der Waals surface area contributed by atoms with Crippen molar-refractivity contribution >= 4 is 59.0 Å². The molecule has 0 radical (unpaired) electrons. The number of halogens is 3. The van der Waals surface area contributed by atoms with Gasteiger partial charge in [0, 0.05) is 46.6 Å². The Kier molecular flexibility index (Phi) is 15.3. The van der Waals surface area contributed by atoms with Gasteiger partial charge in [0.1, 0.15) is 5.82 Å². The number of methoxy groups -OCH3 is 1. The van der Waals surface area contributed by atoms with E-state index in [1.54, 1.807) is 26.4 Å². The average Bonchev–Trinajstić information content (AvgIpc) is 2.57. The molecule has 0 unspecified atom stereocenters. The summed E-state index contributed by atoms with van der Waals surface area (Å²) in [6.45, 7) is 4.03. The summed E-state index contributed by atoms with van der Waals surface area (Å²) < 4.78 is 10.3. The molecule has 0 spiro atoms. The molecule has 3 N–H and O–H groups in total. The monoisotopic (exact) mass is 505 g/mol. The van der Waals surface area contributed by atoms with E-state index in [1.165, 1.54) is 0 Å². The van der Waals surface area contributed by atoms with E-state index in [-0.39, 0.29) is 24.0 Å². The van der Waals surface area contributed by atoms with Crippen LogP contribution in [0, 0.1) is 0 Å². The smallest absolute Gasteiger partial charge is 0.191 e. The Balaban J connectivity index is 0.00000576. The third-order valence-electron chi connectivity index (χ3n) is 2.93. The zero-order chi connectivity index (χ0) is 17.6. The van der Waals surface area contributed by atoms with E-state index in [4.69, 9.17) is 32.7 Å². The molecule has 7 nitrogen and oxygen atoms in total. The van der Waals surface area contributed by atoms with Crippen LogP contribution < -0.4 is 16.0 Å². The third kappa shape index (κ3) is 11.6. The van der Waals surface area contributed by atoms with Gasteiger partial charge in [0.25, 0.3) is 0 Å². The summed E-state index contributed by atoms with van der Waals surface area (Å²) in [5.74, 6) is 1.35. The zero-order valence-corrected chi connectivity index (χ0v) is 18.3. The minimum absolute atomic E-state index is 0. The Morgan fingerprint density at radius 2 is 1.92 bits per heavy atom. The molecule has 1 heterocycles. The lowest BCUT2D eigenvalue weighted by Crippen LogP contribution is -2.40. The molecule has 1 aromatic rings. The maximum atomic E-state index is 6.04. The molecule has 0 amide bonds. The lowest BCUT2D eigenvalue weighted by Gasteiger charge is -2.13. The molecule has 0 saturated carbocycles. The number of nitrogens with zero attached hydrogens (tertiary/aromatic N) is 2. The molecule has 0 aromatic carbocycles. The number of rotatable bonds is 11.